The number of methoxy groups -OCH3 is 2. The molecule has 0 heterocycles. The van der Waals surface area contributed by atoms with Gasteiger partial charge in [-0.1, -0.05) is 81.4 Å². The molecular formula is C26H40O5Si. The lowest BCUT2D eigenvalue weighted by molar-refractivity contribution is -0.113. The zero-order chi connectivity index (χ0) is 23.5. The first kappa shape index (κ1) is 26.7. The maximum atomic E-state index is 6.99. The maximum Gasteiger partial charge on any atom is 0.261 e. The summed E-state index contributed by atoms with van der Waals surface area (Å²) in [6, 6.07) is 21.4. The lowest BCUT2D eigenvalue weighted by atomic mass is 10.1. The van der Waals surface area contributed by atoms with E-state index in [4.69, 9.17) is 23.4 Å². The Hall–Kier alpha value is -1.54. The van der Waals surface area contributed by atoms with Crippen molar-refractivity contribution < 1.29 is 23.4 Å². The minimum atomic E-state index is -2.55. The molecule has 0 saturated carbocycles. The van der Waals surface area contributed by atoms with E-state index in [9.17, 15) is 0 Å². The van der Waals surface area contributed by atoms with E-state index >= 15 is 0 Å². The second-order valence-electron chi connectivity index (χ2n) is 9.12. The molecule has 2 aromatic rings. The molecule has 0 radical (unpaired) electrons. The van der Waals surface area contributed by atoms with Crippen LogP contribution in [0.15, 0.2) is 60.7 Å². The van der Waals surface area contributed by atoms with Crippen LogP contribution in [0, 0.1) is 0 Å². The van der Waals surface area contributed by atoms with Gasteiger partial charge in [0.15, 0.2) is 0 Å². The van der Waals surface area contributed by atoms with Crippen molar-refractivity contribution in [2.24, 2.45) is 0 Å². The highest BCUT2D eigenvalue weighted by molar-refractivity contribution is 6.99. The number of hydrogen-bond acceptors (Lipinski definition) is 5. The van der Waals surface area contributed by atoms with Crippen molar-refractivity contribution in [2.75, 3.05) is 34.4 Å². The van der Waals surface area contributed by atoms with Crippen molar-refractivity contribution in [3.8, 4) is 0 Å². The molecule has 178 valence electrons. The Balaban J connectivity index is 2.25. The fraction of sp³-hybridized carbons (Fsp3) is 0.538. The summed E-state index contributed by atoms with van der Waals surface area (Å²) in [6.45, 7) is 10.0. The van der Waals surface area contributed by atoms with Gasteiger partial charge >= 0.3 is 0 Å². The first-order valence-electron chi connectivity index (χ1n) is 11.3. The van der Waals surface area contributed by atoms with Crippen LogP contribution in [0.4, 0.5) is 0 Å². The predicted molar refractivity (Wildman–Crippen MR) is 132 cm³/mol. The standard InChI is InChI=1S/C26H40O5Si/c1-22(29-20-27-5)19-23(30-21-28-6)17-18-31-32(26(2,3)4,24-13-9-7-10-14-24)25-15-11-8-12-16-25/h7-16,22-23H,17-21H2,1-6H3/t22-,23+/m0/s1. The summed E-state index contributed by atoms with van der Waals surface area (Å²) in [6.07, 6.45) is 1.50. The van der Waals surface area contributed by atoms with Gasteiger partial charge in [-0.2, -0.15) is 0 Å². The van der Waals surface area contributed by atoms with Gasteiger partial charge in [0.2, 0.25) is 0 Å². The van der Waals surface area contributed by atoms with E-state index in [1.165, 1.54) is 10.4 Å². The Morgan fingerprint density at radius 3 is 1.75 bits per heavy atom. The van der Waals surface area contributed by atoms with Gasteiger partial charge < -0.3 is 23.4 Å². The summed E-state index contributed by atoms with van der Waals surface area (Å²) in [5.41, 5.74) is 0. The number of benzene rings is 2. The molecule has 2 aromatic carbocycles. The molecule has 0 aliphatic heterocycles. The van der Waals surface area contributed by atoms with Gasteiger partial charge in [0.05, 0.1) is 12.2 Å². The molecule has 0 spiro atoms. The lowest BCUT2D eigenvalue weighted by Crippen LogP contribution is -2.66. The molecule has 0 saturated heterocycles. The summed E-state index contributed by atoms with van der Waals surface area (Å²) in [7, 11) is 0.722. The summed E-state index contributed by atoms with van der Waals surface area (Å²) in [5.74, 6) is 0. The van der Waals surface area contributed by atoms with Crippen LogP contribution in [0.5, 0.6) is 0 Å². The molecule has 32 heavy (non-hydrogen) atoms. The van der Waals surface area contributed by atoms with Gasteiger partial charge in [-0.05, 0) is 35.2 Å². The van der Waals surface area contributed by atoms with Crippen LogP contribution in [-0.4, -0.2) is 54.9 Å². The average molecular weight is 461 g/mol. The van der Waals surface area contributed by atoms with Gasteiger partial charge in [0.25, 0.3) is 8.32 Å². The van der Waals surface area contributed by atoms with Crippen molar-refractivity contribution in [1.29, 1.82) is 0 Å². The molecule has 0 aliphatic rings. The number of ether oxygens (including phenoxy) is 4. The van der Waals surface area contributed by atoms with Crippen LogP contribution in [0.3, 0.4) is 0 Å². The lowest BCUT2D eigenvalue weighted by Gasteiger charge is -2.43. The molecule has 0 aliphatic carbocycles. The third-order valence-electron chi connectivity index (χ3n) is 5.66. The highest BCUT2D eigenvalue weighted by atomic mass is 28.4. The van der Waals surface area contributed by atoms with Crippen molar-refractivity contribution >= 4 is 18.7 Å². The maximum absolute atomic E-state index is 6.99. The van der Waals surface area contributed by atoms with E-state index in [-0.39, 0.29) is 30.8 Å². The molecule has 5 nitrogen and oxygen atoms in total. The molecule has 0 fully saturated rings. The van der Waals surface area contributed by atoms with Crippen LogP contribution in [-0.2, 0) is 23.4 Å². The predicted octanol–water partition coefficient (Wildman–Crippen LogP) is 4.34. The molecule has 0 N–H and O–H groups in total. The van der Waals surface area contributed by atoms with Crippen LogP contribution in [0.25, 0.3) is 0 Å². The minimum absolute atomic E-state index is 0.0182. The molecule has 0 aromatic heterocycles. The molecule has 0 bridgehead atoms. The summed E-state index contributed by atoms with van der Waals surface area (Å²) < 4.78 is 28.8. The van der Waals surface area contributed by atoms with Gasteiger partial charge in [0.1, 0.15) is 13.6 Å². The molecule has 0 amide bonds. The number of hydrogen-bond donors (Lipinski definition) is 0. The minimum Gasteiger partial charge on any atom is -0.407 e. The molecule has 2 atom stereocenters. The molecule has 6 heteroatoms. The van der Waals surface area contributed by atoms with Crippen LogP contribution in [0.1, 0.15) is 40.5 Å². The largest absolute Gasteiger partial charge is 0.407 e. The van der Waals surface area contributed by atoms with Crippen LogP contribution >= 0.6 is 0 Å². The molecule has 0 unspecified atom stereocenters. The van der Waals surface area contributed by atoms with Crippen LogP contribution < -0.4 is 10.4 Å². The van der Waals surface area contributed by atoms with E-state index in [1.807, 2.05) is 6.92 Å². The van der Waals surface area contributed by atoms with E-state index in [2.05, 4.69) is 81.4 Å². The highest BCUT2D eigenvalue weighted by Crippen LogP contribution is 2.36. The van der Waals surface area contributed by atoms with E-state index in [0.717, 1.165) is 12.8 Å². The topological polar surface area (TPSA) is 46.2 Å². The normalized spacial score (nSPS) is 14.3. The third-order valence-corrected chi connectivity index (χ3v) is 10.7. The van der Waals surface area contributed by atoms with Gasteiger partial charge in [0, 0.05) is 20.8 Å². The third kappa shape index (κ3) is 7.23. The Morgan fingerprint density at radius 2 is 1.28 bits per heavy atom. The Labute approximate surface area is 195 Å². The fourth-order valence-corrected chi connectivity index (χ4v) is 8.74. The second-order valence-corrected chi connectivity index (χ2v) is 13.4. The summed E-state index contributed by atoms with van der Waals surface area (Å²) in [5, 5.41) is 2.52. The smallest absolute Gasteiger partial charge is 0.261 e. The fourth-order valence-electron chi connectivity index (χ4n) is 4.16. The average Bonchev–Trinajstić information content (AvgIpc) is 2.79. The first-order chi connectivity index (χ1) is 15.3. The zero-order valence-corrected chi connectivity index (χ0v) is 21.5. The molecular weight excluding hydrogens is 420 g/mol. The van der Waals surface area contributed by atoms with Gasteiger partial charge in [-0.25, -0.2) is 0 Å². The number of rotatable bonds is 14. The SMILES string of the molecule is COCO[C@H](CCO[Si](c1ccccc1)(c1ccccc1)C(C)(C)C)C[C@H](C)OCOC. The Morgan fingerprint density at radius 1 is 0.781 bits per heavy atom. The quantitative estimate of drug-likeness (QED) is 0.310. The zero-order valence-electron chi connectivity index (χ0n) is 20.5. The van der Waals surface area contributed by atoms with Crippen LogP contribution in [0.2, 0.25) is 5.04 Å². The van der Waals surface area contributed by atoms with Crippen molar-refractivity contribution in [1.82, 2.24) is 0 Å². The van der Waals surface area contributed by atoms with Gasteiger partial charge in [-0.15, -0.1) is 0 Å². The van der Waals surface area contributed by atoms with Crippen molar-refractivity contribution in [3.05, 3.63) is 60.7 Å². The second kappa shape index (κ2) is 13.2. The Kier molecular flexibility index (Phi) is 11.0. The van der Waals surface area contributed by atoms with E-state index < -0.39 is 8.32 Å². The summed E-state index contributed by atoms with van der Waals surface area (Å²) >= 11 is 0. The van der Waals surface area contributed by atoms with Crippen molar-refractivity contribution in [2.45, 2.75) is 57.8 Å². The molecule has 2 rings (SSSR count). The Bertz CT molecular complexity index is 708. The van der Waals surface area contributed by atoms with E-state index in [0.29, 0.717) is 6.61 Å². The van der Waals surface area contributed by atoms with Crippen molar-refractivity contribution in [3.63, 3.8) is 0 Å². The van der Waals surface area contributed by atoms with Gasteiger partial charge in [-0.3, -0.25) is 0 Å². The monoisotopic (exact) mass is 460 g/mol. The highest BCUT2D eigenvalue weighted by Gasteiger charge is 2.50. The van der Waals surface area contributed by atoms with E-state index in [1.54, 1.807) is 14.2 Å². The first-order valence-corrected chi connectivity index (χ1v) is 13.2. The summed E-state index contributed by atoms with van der Waals surface area (Å²) in [4.78, 5) is 0.